The van der Waals surface area contributed by atoms with E-state index in [2.05, 4.69) is 53.4 Å². The number of nitrogens with zero attached hydrogens (tertiary/aromatic N) is 2. The molecule has 0 heterocycles. The van der Waals surface area contributed by atoms with Crippen LogP contribution in [-0.4, -0.2) is 51.2 Å². The van der Waals surface area contributed by atoms with Gasteiger partial charge in [0.15, 0.2) is 5.96 Å². The third-order valence-corrected chi connectivity index (χ3v) is 3.73. The molecule has 0 aromatic heterocycles. The molecule has 0 radical (unpaired) electrons. The molecule has 0 aliphatic rings. The number of benzene rings is 1. The number of likely N-dealkylation sites (N-methyl/N-ethyl adjacent to an activating group) is 1. The van der Waals surface area contributed by atoms with Gasteiger partial charge in [-0.1, -0.05) is 26.0 Å². The molecule has 1 aromatic carbocycles. The molecular formula is C17H31IN4O. The average molecular weight is 434 g/mol. The molecule has 0 unspecified atom stereocenters. The van der Waals surface area contributed by atoms with E-state index >= 15 is 0 Å². The second-order valence-electron chi connectivity index (χ2n) is 5.19. The molecule has 0 bridgehead atoms. The van der Waals surface area contributed by atoms with Crippen LogP contribution in [0.5, 0.6) is 5.75 Å². The number of rotatable bonds is 8. The Morgan fingerprint density at radius 1 is 1.22 bits per heavy atom. The molecule has 1 aromatic rings. The van der Waals surface area contributed by atoms with Crippen LogP contribution in [0.1, 0.15) is 25.0 Å². The number of ether oxygens (including phenoxy) is 1. The maximum absolute atomic E-state index is 5.43. The van der Waals surface area contributed by atoms with Crippen LogP contribution in [0.15, 0.2) is 23.2 Å². The topological polar surface area (TPSA) is 48.9 Å². The van der Waals surface area contributed by atoms with Crippen LogP contribution < -0.4 is 15.4 Å². The van der Waals surface area contributed by atoms with Crippen molar-refractivity contribution in [2.24, 2.45) is 4.99 Å². The maximum atomic E-state index is 5.43. The minimum atomic E-state index is 0. The van der Waals surface area contributed by atoms with E-state index < -0.39 is 0 Å². The minimum Gasteiger partial charge on any atom is -0.496 e. The maximum Gasteiger partial charge on any atom is 0.191 e. The summed E-state index contributed by atoms with van der Waals surface area (Å²) in [5, 5.41) is 6.67. The molecule has 132 valence electrons. The average Bonchev–Trinajstić information content (AvgIpc) is 2.55. The highest BCUT2D eigenvalue weighted by Crippen LogP contribution is 2.19. The number of aryl methyl sites for hydroxylation is 1. The summed E-state index contributed by atoms with van der Waals surface area (Å²) >= 11 is 0. The van der Waals surface area contributed by atoms with E-state index in [1.54, 1.807) is 14.2 Å². The van der Waals surface area contributed by atoms with E-state index in [0.717, 1.165) is 43.5 Å². The summed E-state index contributed by atoms with van der Waals surface area (Å²) in [4.78, 5) is 6.64. The molecule has 0 spiro atoms. The summed E-state index contributed by atoms with van der Waals surface area (Å²) in [6, 6.07) is 6.23. The second kappa shape index (κ2) is 12.4. The van der Waals surface area contributed by atoms with Gasteiger partial charge in [0, 0.05) is 32.2 Å². The predicted octanol–water partition coefficient (Wildman–Crippen LogP) is 2.63. The number of halogens is 1. The van der Waals surface area contributed by atoms with Crippen molar-refractivity contribution in [3.8, 4) is 5.75 Å². The Labute approximate surface area is 157 Å². The van der Waals surface area contributed by atoms with Gasteiger partial charge in [-0.3, -0.25) is 4.99 Å². The first-order valence-electron chi connectivity index (χ1n) is 7.94. The summed E-state index contributed by atoms with van der Waals surface area (Å²) in [6.07, 6.45) is 0. The van der Waals surface area contributed by atoms with Crippen LogP contribution in [0.25, 0.3) is 0 Å². The SMILES string of the molecule is CCN(CC)CCNC(=NC)NCc1ccc(C)cc1OC.I. The van der Waals surface area contributed by atoms with Crippen molar-refractivity contribution in [2.45, 2.75) is 27.3 Å². The first kappa shape index (κ1) is 22.0. The molecule has 0 saturated heterocycles. The van der Waals surface area contributed by atoms with Gasteiger partial charge in [0.05, 0.1) is 7.11 Å². The van der Waals surface area contributed by atoms with E-state index in [4.69, 9.17) is 4.74 Å². The summed E-state index contributed by atoms with van der Waals surface area (Å²) in [6.45, 7) is 11.2. The normalized spacial score (nSPS) is 11.1. The van der Waals surface area contributed by atoms with Crippen molar-refractivity contribution in [1.82, 2.24) is 15.5 Å². The Morgan fingerprint density at radius 2 is 1.91 bits per heavy atom. The largest absolute Gasteiger partial charge is 0.496 e. The highest BCUT2D eigenvalue weighted by molar-refractivity contribution is 14.0. The van der Waals surface area contributed by atoms with E-state index in [1.165, 1.54) is 5.56 Å². The fourth-order valence-corrected chi connectivity index (χ4v) is 2.27. The van der Waals surface area contributed by atoms with E-state index in [0.29, 0.717) is 6.54 Å². The van der Waals surface area contributed by atoms with Crippen LogP contribution in [0, 0.1) is 6.92 Å². The number of aliphatic imine (C=N–C) groups is 1. The standard InChI is InChI=1S/C17H30N4O.HI/c1-6-21(7-2)11-10-19-17(18-4)20-13-15-9-8-14(3)12-16(15)22-5;/h8-9,12H,6-7,10-11,13H2,1-5H3,(H2,18,19,20);1H. The quantitative estimate of drug-likeness (QED) is 0.375. The van der Waals surface area contributed by atoms with Crippen LogP contribution in [0.4, 0.5) is 0 Å². The molecule has 0 aliphatic carbocycles. The Bertz CT molecular complexity index is 476. The first-order chi connectivity index (χ1) is 10.6. The van der Waals surface area contributed by atoms with Gasteiger partial charge >= 0.3 is 0 Å². The van der Waals surface area contributed by atoms with Crippen molar-refractivity contribution in [3.05, 3.63) is 29.3 Å². The second-order valence-corrected chi connectivity index (χ2v) is 5.19. The fraction of sp³-hybridized carbons (Fsp3) is 0.588. The number of hydrogen-bond acceptors (Lipinski definition) is 3. The minimum absolute atomic E-state index is 0. The molecule has 0 atom stereocenters. The lowest BCUT2D eigenvalue weighted by atomic mass is 10.1. The fourth-order valence-electron chi connectivity index (χ4n) is 2.27. The first-order valence-corrected chi connectivity index (χ1v) is 7.94. The smallest absolute Gasteiger partial charge is 0.191 e. The lowest BCUT2D eigenvalue weighted by Crippen LogP contribution is -2.41. The van der Waals surface area contributed by atoms with Gasteiger partial charge in [-0.15, -0.1) is 24.0 Å². The molecule has 5 nitrogen and oxygen atoms in total. The van der Waals surface area contributed by atoms with E-state index in [9.17, 15) is 0 Å². The Hall–Kier alpha value is -1.02. The third kappa shape index (κ3) is 7.87. The van der Waals surface area contributed by atoms with Gasteiger partial charge in [-0.2, -0.15) is 0 Å². The molecule has 0 fully saturated rings. The van der Waals surface area contributed by atoms with Crippen LogP contribution >= 0.6 is 24.0 Å². The van der Waals surface area contributed by atoms with Gasteiger partial charge in [-0.05, 0) is 31.6 Å². The van der Waals surface area contributed by atoms with Crippen LogP contribution in [0.3, 0.4) is 0 Å². The molecular weight excluding hydrogens is 403 g/mol. The van der Waals surface area contributed by atoms with E-state index in [1.807, 2.05) is 6.07 Å². The zero-order chi connectivity index (χ0) is 16.4. The van der Waals surface area contributed by atoms with Gasteiger partial charge in [0.1, 0.15) is 5.75 Å². The van der Waals surface area contributed by atoms with Gasteiger partial charge in [0.2, 0.25) is 0 Å². The van der Waals surface area contributed by atoms with Gasteiger partial charge < -0.3 is 20.3 Å². The number of methoxy groups -OCH3 is 1. The van der Waals surface area contributed by atoms with E-state index in [-0.39, 0.29) is 24.0 Å². The summed E-state index contributed by atoms with van der Waals surface area (Å²) in [5.74, 6) is 1.72. The highest BCUT2D eigenvalue weighted by Gasteiger charge is 2.05. The van der Waals surface area contributed by atoms with Crippen molar-refractivity contribution in [2.75, 3.05) is 40.3 Å². The van der Waals surface area contributed by atoms with Crippen molar-refractivity contribution in [1.29, 1.82) is 0 Å². The molecule has 1 rings (SSSR count). The van der Waals surface area contributed by atoms with Crippen molar-refractivity contribution >= 4 is 29.9 Å². The van der Waals surface area contributed by atoms with Crippen LogP contribution in [-0.2, 0) is 6.54 Å². The summed E-state index contributed by atoms with van der Waals surface area (Å²) in [5.41, 5.74) is 2.32. The lowest BCUT2D eigenvalue weighted by Gasteiger charge is -2.19. The molecule has 0 saturated carbocycles. The number of guanidine groups is 1. The Kier molecular flexibility index (Phi) is 11.9. The third-order valence-electron chi connectivity index (χ3n) is 3.73. The zero-order valence-corrected chi connectivity index (χ0v) is 17.3. The van der Waals surface area contributed by atoms with Gasteiger partial charge in [-0.25, -0.2) is 0 Å². The van der Waals surface area contributed by atoms with Gasteiger partial charge in [0.25, 0.3) is 0 Å². The Morgan fingerprint density at radius 3 is 2.48 bits per heavy atom. The molecule has 0 amide bonds. The molecule has 23 heavy (non-hydrogen) atoms. The lowest BCUT2D eigenvalue weighted by molar-refractivity contribution is 0.308. The predicted molar refractivity (Wildman–Crippen MR) is 109 cm³/mol. The highest BCUT2D eigenvalue weighted by atomic mass is 127. The number of hydrogen-bond donors (Lipinski definition) is 2. The van der Waals surface area contributed by atoms with Crippen molar-refractivity contribution in [3.63, 3.8) is 0 Å². The monoisotopic (exact) mass is 434 g/mol. The summed E-state index contributed by atoms with van der Waals surface area (Å²) < 4.78 is 5.43. The van der Waals surface area contributed by atoms with Crippen molar-refractivity contribution < 1.29 is 4.74 Å². The zero-order valence-electron chi connectivity index (χ0n) is 15.0. The number of nitrogens with one attached hydrogen (secondary N) is 2. The molecule has 0 aliphatic heterocycles. The Balaban J connectivity index is 0.00000484. The van der Waals surface area contributed by atoms with Crippen LogP contribution in [0.2, 0.25) is 0 Å². The summed E-state index contributed by atoms with van der Waals surface area (Å²) in [7, 11) is 3.49. The molecule has 6 heteroatoms. The molecule has 2 N–H and O–H groups in total.